The van der Waals surface area contributed by atoms with Crippen molar-refractivity contribution in [2.75, 3.05) is 20.3 Å². The minimum absolute atomic E-state index is 0.0832. The molecule has 1 aromatic heterocycles. The number of fused-ring (bicyclic) bond motifs is 2. The summed E-state index contributed by atoms with van der Waals surface area (Å²) in [5.74, 6) is 1.85. The highest BCUT2D eigenvalue weighted by Gasteiger charge is 2.46. The third-order valence-corrected chi connectivity index (χ3v) is 7.50. The summed E-state index contributed by atoms with van der Waals surface area (Å²) in [6, 6.07) is 15.4. The lowest BCUT2D eigenvalue weighted by Gasteiger charge is -2.28. The Hall–Kier alpha value is -4.82. The third-order valence-electron chi connectivity index (χ3n) is 6.52. The predicted molar refractivity (Wildman–Crippen MR) is 152 cm³/mol. The molecule has 0 fully saturated rings. The van der Waals surface area contributed by atoms with E-state index in [0.29, 0.717) is 22.1 Å². The highest BCUT2D eigenvalue weighted by molar-refractivity contribution is 7.07. The number of halogens is 3. The zero-order valence-corrected chi connectivity index (χ0v) is 23.2. The Labute approximate surface area is 241 Å². The molecule has 3 aromatic carbocycles. The van der Waals surface area contributed by atoms with E-state index in [1.54, 1.807) is 60.7 Å². The number of thiazole rings is 1. The van der Waals surface area contributed by atoms with Crippen LogP contribution in [0.1, 0.15) is 24.1 Å². The van der Waals surface area contributed by atoms with Crippen LogP contribution in [-0.4, -0.2) is 37.0 Å². The van der Waals surface area contributed by atoms with Crippen molar-refractivity contribution >= 4 is 34.2 Å². The molecule has 42 heavy (non-hydrogen) atoms. The summed E-state index contributed by atoms with van der Waals surface area (Å²) in [6.45, 7) is 1.38. The van der Waals surface area contributed by atoms with Gasteiger partial charge in [-0.25, -0.2) is 9.79 Å². The molecule has 11 heteroatoms. The number of esters is 1. The Morgan fingerprint density at radius 3 is 2.55 bits per heavy atom. The van der Waals surface area contributed by atoms with Crippen LogP contribution in [0.25, 0.3) is 16.8 Å². The number of terminal acetylenes is 1. The van der Waals surface area contributed by atoms with E-state index in [2.05, 4.69) is 10.9 Å². The number of aromatic nitrogens is 1. The zero-order valence-electron chi connectivity index (χ0n) is 22.4. The van der Waals surface area contributed by atoms with Crippen molar-refractivity contribution in [3.63, 3.8) is 0 Å². The fraction of sp³-hybridized carbons (Fsp3) is 0.194. The second-order valence-electron chi connectivity index (χ2n) is 9.03. The summed E-state index contributed by atoms with van der Waals surface area (Å²) < 4.78 is 60.9. The van der Waals surface area contributed by atoms with Gasteiger partial charge in [0.2, 0.25) is 0 Å². The number of rotatable bonds is 7. The fourth-order valence-corrected chi connectivity index (χ4v) is 5.79. The van der Waals surface area contributed by atoms with Gasteiger partial charge in [-0.1, -0.05) is 59.7 Å². The smallest absolute Gasteiger partial charge is 0.434 e. The molecule has 0 radical (unpaired) electrons. The largest absolute Gasteiger partial charge is 0.496 e. The number of hydrogen-bond donors (Lipinski definition) is 0. The summed E-state index contributed by atoms with van der Waals surface area (Å²) in [7, 11) is 1.37. The van der Waals surface area contributed by atoms with Gasteiger partial charge in [-0.05, 0) is 47.5 Å². The number of methoxy groups -OCH3 is 1. The van der Waals surface area contributed by atoms with Crippen molar-refractivity contribution in [3.8, 4) is 23.8 Å². The second kappa shape index (κ2) is 11.6. The molecule has 0 N–H and O–H groups in total. The first-order valence-electron chi connectivity index (χ1n) is 12.7. The number of allylic oxidation sites excluding steroid dienone is 1. The van der Waals surface area contributed by atoms with Gasteiger partial charge in [0.25, 0.3) is 5.56 Å². The molecule has 0 spiro atoms. The molecule has 1 atom stereocenters. The molecule has 0 bridgehead atoms. The number of carbonyl (C=O) groups excluding carboxylic acids is 1. The zero-order chi connectivity index (χ0) is 30.0. The monoisotopic (exact) mass is 592 g/mol. The van der Waals surface area contributed by atoms with Crippen molar-refractivity contribution in [3.05, 3.63) is 103 Å². The van der Waals surface area contributed by atoms with Gasteiger partial charge in [-0.3, -0.25) is 9.36 Å². The van der Waals surface area contributed by atoms with Crippen LogP contribution in [0.15, 0.2) is 81.7 Å². The standard InChI is InChI=1S/C31H23F3N2O5S/c1-4-16-41-20-13-10-18(11-14-20)17-23-28(37)36-26(24-21-9-7-6-8-19(21)12-15-22(24)39-3)25(29(38)40-5-2)27(31(32,33)34)35-30(36)42-23/h1,6-15,17,26H,5,16H2,2-3H3/b23-17-/t26-/m0/s1. The van der Waals surface area contributed by atoms with Crippen molar-refractivity contribution < 1.29 is 32.2 Å². The summed E-state index contributed by atoms with van der Waals surface area (Å²) in [5.41, 5.74) is -2.06. The minimum atomic E-state index is -5.03. The van der Waals surface area contributed by atoms with E-state index < -0.39 is 35.0 Å². The lowest BCUT2D eigenvalue weighted by molar-refractivity contribution is -0.140. The van der Waals surface area contributed by atoms with Crippen molar-refractivity contribution in [1.29, 1.82) is 0 Å². The average Bonchev–Trinajstić information content (AvgIpc) is 3.29. The van der Waals surface area contributed by atoms with Crippen molar-refractivity contribution in [2.45, 2.75) is 19.1 Å². The summed E-state index contributed by atoms with van der Waals surface area (Å²) in [6.07, 6.45) is 1.73. The molecule has 0 unspecified atom stereocenters. The van der Waals surface area contributed by atoms with Crippen LogP contribution in [0.5, 0.6) is 11.5 Å². The fourth-order valence-electron chi connectivity index (χ4n) is 4.79. The van der Waals surface area contributed by atoms with Gasteiger partial charge in [0, 0.05) is 5.56 Å². The number of benzene rings is 3. The lowest BCUT2D eigenvalue weighted by atomic mass is 9.90. The Morgan fingerprint density at radius 2 is 1.88 bits per heavy atom. The molecule has 5 rings (SSSR count). The quantitative estimate of drug-likeness (QED) is 0.233. The number of hydrogen-bond acceptors (Lipinski definition) is 7. The Balaban J connectivity index is 1.83. The molecule has 1 aliphatic heterocycles. The molecule has 214 valence electrons. The first kappa shape index (κ1) is 28.7. The molecular formula is C31H23F3N2O5S. The molecular weight excluding hydrogens is 569 g/mol. The lowest BCUT2D eigenvalue weighted by Crippen LogP contribution is -2.41. The van der Waals surface area contributed by atoms with E-state index in [0.717, 1.165) is 15.9 Å². The number of nitrogens with zero attached hydrogens (tertiary/aromatic N) is 2. The van der Waals surface area contributed by atoms with E-state index in [-0.39, 0.29) is 33.9 Å². The van der Waals surface area contributed by atoms with Crippen LogP contribution in [0.4, 0.5) is 13.2 Å². The molecule has 0 aliphatic carbocycles. The molecule has 0 amide bonds. The SMILES string of the molecule is C#CCOc1ccc(/C=c2\sc3n(c2=O)[C@@H](c2c(OC)ccc4ccccc24)C(C(=O)OCC)=C(C(F)(F)F)N=3)cc1. The van der Waals surface area contributed by atoms with Gasteiger partial charge in [-0.15, -0.1) is 6.42 Å². The summed E-state index contributed by atoms with van der Waals surface area (Å²) >= 11 is 0.782. The van der Waals surface area contributed by atoms with Crippen LogP contribution < -0.4 is 24.4 Å². The Morgan fingerprint density at radius 1 is 1.14 bits per heavy atom. The van der Waals surface area contributed by atoms with E-state index in [1.807, 2.05) is 0 Å². The number of carbonyl (C=O) groups is 1. The molecule has 4 aromatic rings. The molecule has 7 nitrogen and oxygen atoms in total. The number of ether oxygens (including phenoxy) is 3. The van der Waals surface area contributed by atoms with Gasteiger partial charge >= 0.3 is 12.1 Å². The van der Waals surface area contributed by atoms with Crippen molar-refractivity contribution in [2.24, 2.45) is 4.99 Å². The van der Waals surface area contributed by atoms with Crippen LogP contribution in [0, 0.1) is 12.3 Å². The first-order chi connectivity index (χ1) is 20.2. The van der Waals surface area contributed by atoms with Crippen LogP contribution >= 0.6 is 11.3 Å². The minimum Gasteiger partial charge on any atom is -0.496 e. The van der Waals surface area contributed by atoms with E-state index >= 15 is 0 Å². The second-order valence-corrected chi connectivity index (χ2v) is 10.0. The molecule has 2 heterocycles. The topological polar surface area (TPSA) is 79.1 Å². The first-order valence-corrected chi connectivity index (χ1v) is 13.5. The molecule has 1 aliphatic rings. The summed E-state index contributed by atoms with van der Waals surface area (Å²) in [4.78, 5) is 30.8. The predicted octanol–water partition coefficient (Wildman–Crippen LogP) is 4.51. The third kappa shape index (κ3) is 5.29. The van der Waals surface area contributed by atoms with Crippen LogP contribution in [0.3, 0.4) is 0 Å². The summed E-state index contributed by atoms with van der Waals surface area (Å²) in [5, 5.41) is 1.18. The average molecular weight is 593 g/mol. The van der Waals surface area contributed by atoms with E-state index in [1.165, 1.54) is 20.1 Å². The Kier molecular flexibility index (Phi) is 7.91. The van der Waals surface area contributed by atoms with Gasteiger partial charge in [0.1, 0.15) is 24.1 Å². The van der Waals surface area contributed by atoms with E-state index in [4.69, 9.17) is 20.6 Å². The van der Waals surface area contributed by atoms with Gasteiger partial charge < -0.3 is 14.2 Å². The maximum Gasteiger partial charge on any atom is 0.434 e. The Bertz CT molecular complexity index is 1930. The highest BCUT2D eigenvalue weighted by Crippen LogP contribution is 2.43. The van der Waals surface area contributed by atoms with Gasteiger partial charge in [-0.2, -0.15) is 13.2 Å². The van der Waals surface area contributed by atoms with Crippen LogP contribution in [0.2, 0.25) is 0 Å². The van der Waals surface area contributed by atoms with Gasteiger partial charge in [0.15, 0.2) is 10.5 Å². The van der Waals surface area contributed by atoms with Crippen molar-refractivity contribution in [1.82, 2.24) is 4.57 Å². The van der Waals surface area contributed by atoms with Crippen LogP contribution in [-0.2, 0) is 9.53 Å². The normalized spacial score (nSPS) is 15.1. The highest BCUT2D eigenvalue weighted by atomic mass is 32.1. The van der Waals surface area contributed by atoms with E-state index in [9.17, 15) is 22.8 Å². The maximum absolute atomic E-state index is 14.5. The maximum atomic E-state index is 14.5. The molecule has 0 saturated heterocycles. The van der Waals surface area contributed by atoms with Gasteiger partial charge in [0.05, 0.1) is 23.8 Å². The molecule has 0 saturated carbocycles. The number of alkyl halides is 3.